The summed E-state index contributed by atoms with van der Waals surface area (Å²) in [5.74, 6) is 1.34. The molecule has 0 heterocycles. The Kier molecular flexibility index (Phi) is 3.38. The minimum absolute atomic E-state index is 0.0368. The van der Waals surface area contributed by atoms with Gasteiger partial charge in [-0.05, 0) is 18.3 Å². The molecule has 1 rings (SSSR count). The van der Waals surface area contributed by atoms with Gasteiger partial charge in [0.1, 0.15) is 0 Å². The summed E-state index contributed by atoms with van der Waals surface area (Å²) in [5.41, 5.74) is 0. The first-order valence-electron chi connectivity index (χ1n) is 4.92. The standard InChI is InChI=1S/C10H20O/c1-3-8(2)10(11)7-9-5-4-6-9/h8-11H,3-7H2,1-2H3. The lowest BCUT2D eigenvalue weighted by Gasteiger charge is -2.29. The predicted octanol–water partition coefficient (Wildman–Crippen LogP) is 2.58. The first-order chi connectivity index (χ1) is 5.24. The number of hydrogen-bond donors (Lipinski definition) is 1. The lowest BCUT2D eigenvalue weighted by Crippen LogP contribution is -2.24. The highest BCUT2D eigenvalue weighted by Gasteiger charge is 2.22. The van der Waals surface area contributed by atoms with Gasteiger partial charge in [0.05, 0.1) is 6.10 Å². The van der Waals surface area contributed by atoms with E-state index in [0.29, 0.717) is 5.92 Å². The van der Waals surface area contributed by atoms with E-state index in [4.69, 9.17) is 0 Å². The molecule has 0 amide bonds. The molecule has 0 aromatic rings. The molecule has 0 aromatic heterocycles. The highest BCUT2D eigenvalue weighted by Crippen LogP contribution is 2.32. The fourth-order valence-electron chi connectivity index (χ4n) is 1.57. The fraction of sp³-hybridized carbons (Fsp3) is 1.00. The van der Waals surface area contributed by atoms with Gasteiger partial charge in [-0.15, -0.1) is 0 Å². The molecule has 1 aliphatic rings. The Morgan fingerprint density at radius 1 is 1.45 bits per heavy atom. The topological polar surface area (TPSA) is 20.2 Å². The van der Waals surface area contributed by atoms with Crippen LogP contribution in [0.5, 0.6) is 0 Å². The van der Waals surface area contributed by atoms with E-state index in [0.717, 1.165) is 18.8 Å². The highest BCUT2D eigenvalue weighted by molar-refractivity contribution is 4.75. The summed E-state index contributed by atoms with van der Waals surface area (Å²) in [5, 5.41) is 9.65. The Hall–Kier alpha value is -0.0400. The molecule has 1 N–H and O–H groups in total. The van der Waals surface area contributed by atoms with Gasteiger partial charge in [-0.3, -0.25) is 0 Å². The summed E-state index contributed by atoms with van der Waals surface area (Å²) in [7, 11) is 0. The van der Waals surface area contributed by atoms with Crippen molar-refractivity contribution in [3.63, 3.8) is 0 Å². The fourth-order valence-corrected chi connectivity index (χ4v) is 1.57. The van der Waals surface area contributed by atoms with Crippen LogP contribution in [0.25, 0.3) is 0 Å². The van der Waals surface area contributed by atoms with Gasteiger partial charge in [-0.25, -0.2) is 0 Å². The lowest BCUT2D eigenvalue weighted by atomic mass is 9.79. The van der Waals surface area contributed by atoms with Crippen LogP contribution in [0.4, 0.5) is 0 Å². The second kappa shape index (κ2) is 4.10. The average molecular weight is 156 g/mol. The number of rotatable bonds is 4. The molecule has 66 valence electrons. The largest absolute Gasteiger partial charge is 0.393 e. The van der Waals surface area contributed by atoms with E-state index in [-0.39, 0.29) is 6.10 Å². The van der Waals surface area contributed by atoms with Gasteiger partial charge in [0.25, 0.3) is 0 Å². The first-order valence-corrected chi connectivity index (χ1v) is 4.92. The summed E-state index contributed by atoms with van der Waals surface area (Å²) >= 11 is 0. The van der Waals surface area contributed by atoms with Crippen molar-refractivity contribution >= 4 is 0 Å². The minimum Gasteiger partial charge on any atom is -0.393 e. The van der Waals surface area contributed by atoms with Crippen LogP contribution < -0.4 is 0 Å². The highest BCUT2D eigenvalue weighted by atomic mass is 16.3. The second-order valence-electron chi connectivity index (χ2n) is 3.99. The molecular weight excluding hydrogens is 136 g/mol. The summed E-state index contributed by atoms with van der Waals surface area (Å²) < 4.78 is 0. The summed E-state index contributed by atoms with van der Waals surface area (Å²) in [6, 6.07) is 0. The average Bonchev–Trinajstić information content (AvgIpc) is 1.94. The zero-order chi connectivity index (χ0) is 8.27. The molecule has 1 heteroatoms. The van der Waals surface area contributed by atoms with Crippen molar-refractivity contribution in [2.75, 3.05) is 0 Å². The second-order valence-corrected chi connectivity index (χ2v) is 3.99. The van der Waals surface area contributed by atoms with E-state index in [1.54, 1.807) is 0 Å². The van der Waals surface area contributed by atoms with Crippen molar-refractivity contribution in [2.45, 2.75) is 52.1 Å². The van der Waals surface area contributed by atoms with Crippen molar-refractivity contribution in [3.8, 4) is 0 Å². The molecule has 0 aromatic carbocycles. The maximum Gasteiger partial charge on any atom is 0.0568 e. The summed E-state index contributed by atoms with van der Waals surface area (Å²) in [6.45, 7) is 4.29. The SMILES string of the molecule is CCC(C)C(O)CC1CCC1. The molecule has 0 saturated heterocycles. The van der Waals surface area contributed by atoms with E-state index >= 15 is 0 Å². The van der Waals surface area contributed by atoms with Crippen LogP contribution in [0.2, 0.25) is 0 Å². The van der Waals surface area contributed by atoms with Gasteiger partial charge in [0, 0.05) is 0 Å². The van der Waals surface area contributed by atoms with Crippen molar-refractivity contribution in [1.29, 1.82) is 0 Å². The van der Waals surface area contributed by atoms with Crippen molar-refractivity contribution in [1.82, 2.24) is 0 Å². The molecular formula is C10H20O. The Balaban J connectivity index is 2.13. The van der Waals surface area contributed by atoms with Crippen LogP contribution in [0.3, 0.4) is 0 Å². The van der Waals surface area contributed by atoms with E-state index in [1.165, 1.54) is 19.3 Å². The van der Waals surface area contributed by atoms with Gasteiger partial charge in [-0.1, -0.05) is 39.5 Å². The maximum atomic E-state index is 9.65. The van der Waals surface area contributed by atoms with Crippen LogP contribution in [0, 0.1) is 11.8 Å². The predicted molar refractivity (Wildman–Crippen MR) is 47.4 cm³/mol. The Bertz CT molecular complexity index is 107. The molecule has 0 aliphatic heterocycles. The van der Waals surface area contributed by atoms with Crippen molar-refractivity contribution in [2.24, 2.45) is 11.8 Å². The summed E-state index contributed by atoms with van der Waals surface area (Å²) in [6.07, 6.45) is 6.22. The molecule has 1 saturated carbocycles. The molecule has 11 heavy (non-hydrogen) atoms. The van der Waals surface area contributed by atoms with Crippen LogP contribution in [-0.2, 0) is 0 Å². The number of aliphatic hydroxyl groups excluding tert-OH is 1. The van der Waals surface area contributed by atoms with Crippen LogP contribution >= 0.6 is 0 Å². The van der Waals surface area contributed by atoms with E-state index < -0.39 is 0 Å². The maximum absolute atomic E-state index is 9.65. The number of aliphatic hydroxyl groups is 1. The quantitative estimate of drug-likeness (QED) is 0.663. The van der Waals surface area contributed by atoms with Gasteiger partial charge in [0.2, 0.25) is 0 Å². The third kappa shape index (κ3) is 2.48. The number of hydrogen-bond acceptors (Lipinski definition) is 1. The van der Waals surface area contributed by atoms with Crippen LogP contribution in [0.15, 0.2) is 0 Å². The molecule has 1 fully saturated rings. The lowest BCUT2D eigenvalue weighted by molar-refractivity contribution is 0.0709. The zero-order valence-corrected chi connectivity index (χ0v) is 7.71. The Labute approximate surface area is 69.8 Å². The van der Waals surface area contributed by atoms with E-state index in [2.05, 4.69) is 13.8 Å². The molecule has 2 atom stereocenters. The molecule has 1 aliphatic carbocycles. The van der Waals surface area contributed by atoms with Crippen LogP contribution in [-0.4, -0.2) is 11.2 Å². The van der Waals surface area contributed by atoms with Crippen molar-refractivity contribution < 1.29 is 5.11 Å². The van der Waals surface area contributed by atoms with Gasteiger partial charge in [0.15, 0.2) is 0 Å². The Morgan fingerprint density at radius 2 is 2.09 bits per heavy atom. The van der Waals surface area contributed by atoms with E-state index in [1.807, 2.05) is 0 Å². The summed E-state index contributed by atoms with van der Waals surface area (Å²) in [4.78, 5) is 0. The molecule has 0 radical (unpaired) electrons. The molecule has 0 bridgehead atoms. The van der Waals surface area contributed by atoms with Gasteiger partial charge in [-0.2, -0.15) is 0 Å². The first kappa shape index (κ1) is 9.05. The minimum atomic E-state index is -0.0368. The van der Waals surface area contributed by atoms with Gasteiger partial charge >= 0.3 is 0 Å². The van der Waals surface area contributed by atoms with Gasteiger partial charge < -0.3 is 5.11 Å². The van der Waals surface area contributed by atoms with Crippen LogP contribution in [0.1, 0.15) is 46.0 Å². The third-order valence-corrected chi connectivity index (χ3v) is 3.10. The molecule has 0 spiro atoms. The monoisotopic (exact) mass is 156 g/mol. The third-order valence-electron chi connectivity index (χ3n) is 3.10. The normalized spacial score (nSPS) is 24.3. The van der Waals surface area contributed by atoms with Crippen molar-refractivity contribution in [3.05, 3.63) is 0 Å². The smallest absolute Gasteiger partial charge is 0.0568 e. The zero-order valence-electron chi connectivity index (χ0n) is 7.71. The van der Waals surface area contributed by atoms with E-state index in [9.17, 15) is 5.11 Å². The molecule has 2 unspecified atom stereocenters. The molecule has 1 nitrogen and oxygen atoms in total. The Morgan fingerprint density at radius 3 is 2.45 bits per heavy atom.